The minimum absolute atomic E-state index is 0.157. The van der Waals surface area contributed by atoms with Crippen molar-refractivity contribution < 1.29 is 4.79 Å². The number of carbonyl (C=O) groups excluding carboxylic acids is 1. The number of nitriles is 1. The van der Waals surface area contributed by atoms with E-state index in [1.165, 1.54) is 4.68 Å². The summed E-state index contributed by atoms with van der Waals surface area (Å²) in [6, 6.07) is 16.6. The predicted molar refractivity (Wildman–Crippen MR) is 142 cm³/mol. The first kappa shape index (κ1) is 25.2. The quantitative estimate of drug-likeness (QED) is 0.292. The normalized spacial score (nSPS) is 10.8. The lowest BCUT2D eigenvalue weighted by Gasteiger charge is -2.07. The largest absolute Gasteiger partial charge is 0.381 e. The Balaban J connectivity index is 1.43. The number of nitrogens with zero attached hydrogens (tertiary/aromatic N) is 6. The molecule has 2 aromatic carbocycles. The van der Waals surface area contributed by atoms with Gasteiger partial charge in [0.15, 0.2) is 16.4 Å². The van der Waals surface area contributed by atoms with Gasteiger partial charge in [0.1, 0.15) is 11.6 Å². The number of aryl methyl sites for hydroxylation is 1. The number of halogens is 1. The summed E-state index contributed by atoms with van der Waals surface area (Å²) < 4.78 is 5.82. The second-order valence-corrected chi connectivity index (χ2v) is 8.97. The molecule has 4 rings (SSSR count). The molecule has 0 radical (unpaired) electrons. The Morgan fingerprint density at radius 2 is 1.86 bits per heavy atom. The summed E-state index contributed by atoms with van der Waals surface area (Å²) in [6.07, 6.45) is 3.77. The van der Waals surface area contributed by atoms with Crippen LogP contribution in [0.5, 0.6) is 0 Å². The minimum Gasteiger partial charge on any atom is -0.381 e. The molecule has 0 unspecified atom stereocenters. The number of nitrogen functional groups attached to an aromatic ring is 1. The number of nitrogens with two attached hydrogens (primary N) is 1. The molecule has 0 atom stereocenters. The molecule has 0 spiro atoms. The molecule has 0 saturated heterocycles. The molecular weight excluding hydrogens is 496 g/mol. The number of rotatable bonds is 9. The molecular formula is C25H25ClN8OS. The van der Waals surface area contributed by atoms with Crippen LogP contribution in [-0.2, 0) is 17.9 Å². The van der Waals surface area contributed by atoms with Gasteiger partial charge in [0.2, 0.25) is 5.91 Å². The van der Waals surface area contributed by atoms with Crippen LogP contribution in [0.15, 0.2) is 54.7 Å². The average molecular weight is 521 g/mol. The van der Waals surface area contributed by atoms with Crippen molar-refractivity contribution in [2.45, 2.75) is 39.3 Å². The van der Waals surface area contributed by atoms with Crippen LogP contribution in [0.25, 0.3) is 17.1 Å². The van der Waals surface area contributed by atoms with Crippen LogP contribution < -0.4 is 11.1 Å². The molecule has 11 heteroatoms. The number of benzene rings is 2. The van der Waals surface area contributed by atoms with Gasteiger partial charge in [-0.2, -0.15) is 10.4 Å². The van der Waals surface area contributed by atoms with E-state index in [0.717, 1.165) is 36.5 Å². The molecule has 36 heavy (non-hydrogen) atoms. The molecule has 4 aromatic rings. The highest BCUT2D eigenvalue weighted by Gasteiger charge is 2.14. The lowest BCUT2D eigenvalue weighted by Crippen LogP contribution is -2.15. The zero-order valence-corrected chi connectivity index (χ0v) is 21.3. The zero-order chi connectivity index (χ0) is 25.7. The number of hydrogen-bond acceptors (Lipinski definition) is 6. The SMILES string of the molecule is CCCCn1c(-c2ccc(Cl)cc2)nn(CCC(=O)Nc2ccc(-n3cc(C#N)c(N)n3)cc2)c1=S. The van der Waals surface area contributed by atoms with Crippen molar-refractivity contribution in [1.29, 1.82) is 5.26 Å². The fourth-order valence-corrected chi connectivity index (χ4v) is 4.09. The van der Waals surface area contributed by atoms with Gasteiger partial charge in [-0.3, -0.25) is 9.36 Å². The van der Waals surface area contributed by atoms with Crippen LogP contribution >= 0.6 is 23.8 Å². The van der Waals surface area contributed by atoms with E-state index in [-0.39, 0.29) is 18.1 Å². The minimum atomic E-state index is -0.157. The van der Waals surface area contributed by atoms with Crippen molar-refractivity contribution in [3.63, 3.8) is 0 Å². The second-order valence-electron chi connectivity index (χ2n) is 8.17. The summed E-state index contributed by atoms with van der Waals surface area (Å²) in [5.74, 6) is 0.778. The fraction of sp³-hybridized carbons (Fsp3) is 0.240. The Labute approximate surface area is 218 Å². The average Bonchev–Trinajstić information content (AvgIpc) is 3.41. The molecule has 2 aromatic heterocycles. The highest BCUT2D eigenvalue weighted by Crippen LogP contribution is 2.22. The van der Waals surface area contributed by atoms with E-state index < -0.39 is 0 Å². The highest BCUT2D eigenvalue weighted by atomic mass is 35.5. The van der Waals surface area contributed by atoms with Gasteiger partial charge in [-0.05, 0) is 67.2 Å². The van der Waals surface area contributed by atoms with Gasteiger partial charge in [0, 0.05) is 29.2 Å². The van der Waals surface area contributed by atoms with Gasteiger partial charge in [0.05, 0.1) is 18.4 Å². The lowest BCUT2D eigenvalue weighted by atomic mass is 10.2. The van der Waals surface area contributed by atoms with E-state index in [9.17, 15) is 4.79 Å². The maximum atomic E-state index is 12.6. The molecule has 3 N–H and O–H groups in total. The van der Waals surface area contributed by atoms with E-state index in [4.69, 9.17) is 39.9 Å². The highest BCUT2D eigenvalue weighted by molar-refractivity contribution is 7.71. The molecule has 0 fully saturated rings. The molecule has 2 heterocycles. The Kier molecular flexibility index (Phi) is 7.83. The smallest absolute Gasteiger partial charge is 0.226 e. The van der Waals surface area contributed by atoms with Gasteiger partial charge in [-0.25, -0.2) is 9.36 Å². The first-order valence-corrected chi connectivity index (χ1v) is 12.3. The molecule has 9 nitrogen and oxygen atoms in total. The lowest BCUT2D eigenvalue weighted by molar-refractivity contribution is -0.116. The number of hydrogen-bond donors (Lipinski definition) is 2. The fourth-order valence-electron chi connectivity index (χ4n) is 3.65. The standard InChI is InChI=1S/C25H25ClN8OS/c1-2-3-13-32-24(17-4-6-19(26)7-5-17)31-33(25(32)36)14-12-22(35)29-20-8-10-21(11-9-20)34-16-18(15-27)23(28)30-34/h4-11,16H,2-3,12-14H2,1H3,(H2,28,30)(H,29,35). The van der Waals surface area contributed by atoms with Crippen LogP contribution in [0, 0.1) is 16.1 Å². The number of nitrogens with one attached hydrogen (secondary N) is 1. The van der Waals surface area contributed by atoms with E-state index in [2.05, 4.69) is 17.3 Å². The van der Waals surface area contributed by atoms with Gasteiger partial charge >= 0.3 is 0 Å². The molecule has 0 aliphatic heterocycles. The maximum Gasteiger partial charge on any atom is 0.226 e. The van der Waals surface area contributed by atoms with Crippen LogP contribution in [0.3, 0.4) is 0 Å². The molecule has 0 bridgehead atoms. The summed E-state index contributed by atoms with van der Waals surface area (Å²) in [5.41, 5.74) is 8.31. The predicted octanol–water partition coefficient (Wildman–Crippen LogP) is 5.20. The second kappa shape index (κ2) is 11.2. The zero-order valence-electron chi connectivity index (χ0n) is 19.7. The van der Waals surface area contributed by atoms with E-state index >= 15 is 0 Å². The Morgan fingerprint density at radius 1 is 1.14 bits per heavy atom. The summed E-state index contributed by atoms with van der Waals surface area (Å²) in [4.78, 5) is 12.6. The van der Waals surface area contributed by atoms with Crippen LogP contribution in [0.2, 0.25) is 5.02 Å². The molecule has 0 aliphatic rings. The van der Waals surface area contributed by atoms with Gasteiger partial charge in [0.25, 0.3) is 0 Å². The van der Waals surface area contributed by atoms with E-state index in [1.807, 2.05) is 34.9 Å². The summed E-state index contributed by atoms with van der Waals surface area (Å²) in [7, 11) is 0. The summed E-state index contributed by atoms with van der Waals surface area (Å²) in [5, 5.41) is 21.4. The first-order valence-electron chi connectivity index (χ1n) is 11.5. The number of aromatic nitrogens is 5. The van der Waals surface area contributed by atoms with Crippen LogP contribution in [0.1, 0.15) is 31.7 Å². The van der Waals surface area contributed by atoms with Crippen LogP contribution in [0.4, 0.5) is 11.5 Å². The number of amides is 1. The maximum absolute atomic E-state index is 12.6. The third kappa shape index (κ3) is 5.64. The van der Waals surface area contributed by atoms with Crippen molar-refractivity contribution in [2.24, 2.45) is 0 Å². The molecule has 1 amide bonds. The van der Waals surface area contributed by atoms with Crippen LogP contribution in [-0.4, -0.2) is 30.0 Å². The Bertz CT molecular complexity index is 1460. The molecule has 0 aliphatic carbocycles. The van der Waals surface area contributed by atoms with Crippen molar-refractivity contribution in [3.05, 3.63) is 70.1 Å². The van der Waals surface area contributed by atoms with Gasteiger partial charge in [-0.1, -0.05) is 24.9 Å². The summed E-state index contributed by atoms with van der Waals surface area (Å²) in [6.45, 7) is 3.23. The Morgan fingerprint density at radius 3 is 2.50 bits per heavy atom. The monoisotopic (exact) mass is 520 g/mol. The summed E-state index contributed by atoms with van der Waals surface area (Å²) >= 11 is 11.7. The topological polar surface area (TPSA) is 119 Å². The van der Waals surface area contributed by atoms with Crippen molar-refractivity contribution >= 4 is 41.2 Å². The van der Waals surface area contributed by atoms with E-state index in [0.29, 0.717) is 27.6 Å². The third-order valence-corrected chi connectivity index (χ3v) is 6.27. The van der Waals surface area contributed by atoms with E-state index in [1.54, 1.807) is 35.1 Å². The van der Waals surface area contributed by atoms with Crippen molar-refractivity contribution in [3.8, 4) is 23.1 Å². The van der Waals surface area contributed by atoms with Gasteiger partial charge in [-0.15, -0.1) is 5.10 Å². The van der Waals surface area contributed by atoms with Crippen molar-refractivity contribution in [1.82, 2.24) is 24.1 Å². The number of unbranched alkanes of at least 4 members (excludes halogenated alkanes) is 1. The van der Waals surface area contributed by atoms with Crippen molar-refractivity contribution in [2.75, 3.05) is 11.1 Å². The molecule has 0 saturated carbocycles. The number of carbonyl (C=O) groups is 1. The first-order chi connectivity index (χ1) is 17.4. The third-order valence-electron chi connectivity index (χ3n) is 5.59. The van der Waals surface area contributed by atoms with Gasteiger partial charge < -0.3 is 11.1 Å². The number of anilines is 2. The Hall–Kier alpha value is -3.94. The molecule has 184 valence electrons.